The fourth-order valence-corrected chi connectivity index (χ4v) is 5.02. The van der Waals surface area contributed by atoms with Crippen LogP contribution in [0.2, 0.25) is 0 Å². The number of nitrogens with one attached hydrogen (secondary N) is 1. The fourth-order valence-electron chi connectivity index (χ4n) is 5.02. The second-order valence-corrected chi connectivity index (χ2v) is 8.99. The van der Waals surface area contributed by atoms with E-state index < -0.39 is 5.82 Å². The number of aromatic nitrogens is 4. The molecule has 3 aromatic heterocycles. The van der Waals surface area contributed by atoms with Gasteiger partial charge in [0.2, 0.25) is 0 Å². The predicted octanol–water partition coefficient (Wildman–Crippen LogP) is 4.88. The van der Waals surface area contributed by atoms with Crippen molar-refractivity contribution >= 4 is 21.8 Å². The standard InChI is InChI=1S/C27H23FN6/c1-33-16-21-5-3-19(11-24(21)32-33)27-26(18-2-4-20(12-29)23(28)10-18)22-7-9-34(25(22)14-31-27)15-17-6-8-30-13-17/h2-5,7,9-11,14,16-17,30H,6,8,13,15H2,1H3. The molecule has 0 aliphatic carbocycles. The molecule has 6 rings (SSSR count). The van der Waals surface area contributed by atoms with E-state index >= 15 is 0 Å². The minimum absolute atomic E-state index is 0.0339. The third-order valence-electron chi connectivity index (χ3n) is 6.72. The monoisotopic (exact) mass is 450 g/mol. The Kier molecular flexibility index (Phi) is 4.89. The average Bonchev–Trinajstić information content (AvgIpc) is 3.58. The Balaban J connectivity index is 1.56. The van der Waals surface area contributed by atoms with Crippen LogP contribution in [0.5, 0.6) is 0 Å². The maximum Gasteiger partial charge on any atom is 0.141 e. The summed E-state index contributed by atoms with van der Waals surface area (Å²) in [5.74, 6) is 0.0530. The van der Waals surface area contributed by atoms with Crippen LogP contribution in [0.4, 0.5) is 4.39 Å². The zero-order valence-electron chi connectivity index (χ0n) is 18.8. The van der Waals surface area contributed by atoms with Gasteiger partial charge in [0, 0.05) is 47.9 Å². The molecule has 1 saturated heterocycles. The topological polar surface area (TPSA) is 71.5 Å². The molecule has 168 valence electrons. The molecule has 1 fully saturated rings. The minimum Gasteiger partial charge on any atom is -0.346 e. The van der Waals surface area contributed by atoms with E-state index in [-0.39, 0.29) is 5.56 Å². The SMILES string of the molecule is Cn1cc2ccc(-c3ncc4c(ccn4CC4CCNC4)c3-c3ccc(C#N)c(F)c3)cc2n1. The van der Waals surface area contributed by atoms with Crippen LogP contribution in [0.25, 0.3) is 44.2 Å². The molecule has 34 heavy (non-hydrogen) atoms. The summed E-state index contributed by atoms with van der Waals surface area (Å²) >= 11 is 0. The summed E-state index contributed by atoms with van der Waals surface area (Å²) in [4.78, 5) is 4.89. The lowest BCUT2D eigenvalue weighted by molar-refractivity contribution is 0.491. The number of halogens is 1. The summed E-state index contributed by atoms with van der Waals surface area (Å²) in [5, 5.41) is 19.2. The fraction of sp³-hybridized carbons (Fsp3) is 0.222. The van der Waals surface area contributed by atoms with E-state index in [1.54, 1.807) is 10.7 Å². The third-order valence-corrected chi connectivity index (χ3v) is 6.72. The summed E-state index contributed by atoms with van der Waals surface area (Å²) in [6.07, 6.45) is 7.15. The summed E-state index contributed by atoms with van der Waals surface area (Å²) in [7, 11) is 1.90. The molecule has 0 amide bonds. The van der Waals surface area contributed by atoms with Gasteiger partial charge in [0.15, 0.2) is 0 Å². The van der Waals surface area contributed by atoms with Crippen LogP contribution >= 0.6 is 0 Å². The van der Waals surface area contributed by atoms with Crippen LogP contribution in [0, 0.1) is 23.1 Å². The number of nitrogens with zero attached hydrogens (tertiary/aromatic N) is 5. The molecule has 7 heteroatoms. The Bertz CT molecular complexity index is 1580. The normalized spacial score (nSPS) is 15.9. The van der Waals surface area contributed by atoms with Crippen molar-refractivity contribution in [3.63, 3.8) is 0 Å². The van der Waals surface area contributed by atoms with Crippen molar-refractivity contribution < 1.29 is 4.39 Å². The van der Waals surface area contributed by atoms with Gasteiger partial charge in [-0.05, 0) is 55.3 Å². The Hall–Kier alpha value is -4.02. The van der Waals surface area contributed by atoms with E-state index in [9.17, 15) is 9.65 Å². The molecule has 4 heterocycles. The zero-order chi connectivity index (χ0) is 23.2. The lowest BCUT2D eigenvalue weighted by atomic mass is 9.95. The van der Waals surface area contributed by atoms with Gasteiger partial charge in [0.1, 0.15) is 11.9 Å². The van der Waals surface area contributed by atoms with Gasteiger partial charge in [-0.3, -0.25) is 9.67 Å². The molecule has 1 aliphatic rings. The summed E-state index contributed by atoms with van der Waals surface area (Å²) in [6.45, 7) is 2.99. The van der Waals surface area contributed by atoms with Crippen LogP contribution in [-0.4, -0.2) is 32.4 Å². The van der Waals surface area contributed by atoms with Gasteiger partial charge in [0.05, 0.1) is 28.5 Å². The smallest absolute Gasteiger partial charge is 0.141 e. The van der Waals surface area contributed by atoms with Crippen molar-refractivity contribution in [1.82, 2.24) is 24.6 Å². The molecule has 0 bridgehead atoms. The Morgan fingerprint density at radius 3 is 2.85 bits per heavy atom. The number of pyridine rings is 1. The first-order chi connectivity index (χ1) is 16.6. The number of benzene rings is 2. The maximum atomic E-state index is 14.7. The van der Waals surface area contributed by atoms with Gasteiger partial charge in [0.25, 0.3) is 0 Å². The first-order valence-corrected chi connectivity index (χ1v) is 11.4. The van der Waals surface area contributed by atoms with Crippen molar-refractivity contribution in [3.05, 3.63) is 72.4 Å². The lowest BCUT2D eigenvalue weighted by Crippen LogP contribution is -2.14. The van der Waals surface area contributed by atoms with Crippen LogP contribution in [0.3, 0.4) is 0 Å². The summed E-state index contributed by atoms with van der Waals surface area (Å²) in [5.41, 5.74) is 5.18. The van der Waals surface area contributed by atoms with Gasteiger partial charge in [-0.15, -0.1) is 0 Å². The highest BCUT2D eigenvalue weighted by atomic mass is 19.1. The van der Waals surface area contributed by atoms with Crippen LogP contribution < -0.4 is 5.32 Å². The molecule has 1 unspecified atom stereocenters. The van der Waals surface area contributed by atoms with Gasteiger partial charge < -0.3 is 9.88 Å². The van der Waals surface area contributed by atoms with E-state index in [1.807, 2.05) is 43.7 Å². The first-order valence-electron chi connectivity index (χ1n) is 11.4. The number of nitriles is 1. The van der Waals surface area contributed by atoms with Crippen molar-refractivity contribution in [2.75, 3.05) is 13.1 Å². The highest BCUT2D eigenvalue weighted by Gasteiger charge is 2.20. The molecular weight excluding hydrogens is 427 g/mol. The molecule has 5 aromatic rings. The van der Waals surface area contributed by atoms with Crippen molar-refractivity contribution in [1.29, 1.82) is 5.26 Å². The van der Waals surface area contributed by atoms with Crippen LogP contribution in [0.15, 0.2) is 61.1 Å². The first kappa shape index (κ1) is 20.6. The summed E-state index contributed by atoms with van der Waals surface area (Å²) in [6, 6.07) is 14.9. The van der Waals surface area contributed by atoms with E-state index in [0.717, 1.165) is 64.7 Å². The van der Waals surface area contributed by atoms with Crippen molar-refractivity contribution in [2.45, 2.75) is 13.0 Å². The molecule has 1 N–H and O–H groups in total. The number of fused-ring (bicyclic) bond motifs is 2. The van der Waals surface area contributed by atoms with E-state index in [0.29, 0.717) is 11.5 Å². The highest BCUT2D eigenvalue weighted by molar-refractivity contribution is 6.02. The Labute approximate surface area is 196 Å². The Morgan fingerprint density at radius 1 is 1.18 bits per heavy atom. The highest BCUT2D eigenvalue weighted by Crippen LogP contribution is 2.38. The van der Waals surface area contributed by atoms with Gasteiger partial charge in [-0.25, -0.2) is 4.39 Å². The molecule has 2 aromatic carbocycles. The van der Waals surface area contributed by atoms with Crippen LogP contribution in [0.1, 0.15) is 12.0 Å². The molecular formula is C27H23FN6. The molecule has 0 radical (unpaired) electrons. The molecule has 0 saturated carbocycles. The number of rotatable bonds is 4. The third kappa shape index (κ3) is 3.44. The second-order valence-electron chi connectivity index (χ2n) is 8.99. The van der Waals surface area contributed by atoms with E-state index in [4.69, 9.17) is 4.98 Å². The van der Waals surface area contributed by atoms with Gasteiger partial charge in [-0.2, -0.15) is 10.4 Å². The van der Waals surface area contributed by atoms with Crippen LogP contribution in [-0.2, 0) is 13.6 Å². The quantitative estimate of drug-likeness (QED) is 0.424. The van der Waals surface area contributed by atoms with Crippen molar-refractivity contribution in [2.24, 2.45) is 13.0 Å². The van der Waals surface area contributed by atoms with Crippen molar-refractivity contribution in [3.8, 4) is 28.5 Å². The molecule has 0 spiro atoms. The average molecular weight is 451 g/mol. The zero-order valence-corrected chi connectivity index (χ0v) is 18.8. The maximum absolute atomic E-state index is 14.7. The van der Waals surface area contributed by atoms with Gasteiger partial charge >= 0.3 is 0 Å². The predicted molar refractivity (Wildman–Crippen MR) is 131 cm³/mol. The molecule has 1 atom stereocenters. The molecule has 1 aliphatic heterocycles. The van der Waals surface area contributed by atoms with E-state index in [1.165, 1.54) is 12.1 Å². The largest absolute Gasteiger partial charge is 0.346 e. The second kappa shape index (κ2) is 8.08. The number of hydrogen-bond donors (Lipinski definition) is 1. The lowest BCUT2D eigenvalue weighted by Gasteiger charge is -2.14. The minimum atomic E-state index is -0.528. The molecule has 6 nitrogen and oxygen atoms in total. The number of hydrogen-bond acceptors (Lipinski definition) is 4. The summed E-state index contributed by atoms with van der Waals surface area (Å²) < 4.78 is 18.7. The van der Waals surface area contributed by atoms with E-state index in [2.05, 4.69) is 27.2 Å². The Morgan fingerprint density at radius 2 is 2.06 bits per heavy atom. The van der Waals surface area contributed by atoms with Gasteiger partial charge in [-0.1, -0.05) is 18.2 Å². The number of aryl methyl sites for hydroxylation is 1.